The number of piperidine rings is 1. The zero-order valence-corrected chi connectivity index (χ0v) is 13.1. The highest BCUT2D eigenvalue weighted by molar-refractivity contribution is 5.62. The number of nitrogens with zero attached hydrogens (tertiary/aromatic N) is 5. The Morgan fingerprint density at radius 1 is 1.25 bits per heavy atom. The number of pyridine rings is 1. The van der Waals surface area contributed by atoms with Crippen LogP contribution >= 0.6 is 0 Å². The quantitative estimate of drug-likeness (QED) is 0.765. The standard InChI is InChI=1S/C16H18FN7/c17-11-3-5-19-13(8-11)21-16-9-15(22-14-4-6-20-24(14)16)23-7-1-2-12(18)10-23/h3-6,8-9,12H,1-2,7,10,18H2,(H,19,21)/t12-/m1/s1. The van der Waals surface area contributed by atoms with Crippen molar-refractivity contribution in [2.75, 3.05) is 23.3 Å². The maximum atomic E-state index is 13.4. The van der Waals surface area contributed by atoms with Gasteiger partial charge in [0.15, 0.2) is 5.65 Å². The van der Waals surface area contributed by atoms with Crippen LogP contribution in [0, 0.1) is 5.82 Å². The van der Waals surface area contributed by atoms with Gasteiger partial charge in [-0.05, 0) is 18.9 Å². The number of hydrogen-bond donors (Lipinski definition) is 2. The molecule has 1 aliphatic heterocycles. The van der Waals surface area contributed by atoms with Crippen LogP contribution in [0.4, 0.5) is 21.8 Å². The molecule has 0 aromatic carbocycles. The van der Waals surface area contributed by atoms with E-state index in [4.69, 9.17) is 5.73 Å². The van der Waals surface area contributed by atoms with Gasteiger partial charge in [-0.1, -0.05) is 0 Å². The largest absolute Gasteiger partial charge is 0.355 e. The summed E-state index contributed by atoms with van der Waals surface area (Å²) < 4.78 is 15.1. The van der Waals surface area contributed by atoms with Gasteiger partial charge >= 0.3 is 0 Å². The van der Waals surface area contributed by atoms with Crippen LogP contribution in [0.15, 0.2) is 36.7 Å². The zero-order valence-electron chi connectivity index (χ0n) is 13.1. The van der Waals surface area contributed by atoms with E-state index in [0.29, 0.717) is 17.3 Å². The number of nitrogens with one attached hydrogen (secondary N) is 1. The zero-order chi connectivity index (χ0) is 16.5. The van der Waals surface area contributed by atoms with Crippen molar-refractivity contribution in [3.05, 3.63) is 42.5 Å². The highest BCUT2D eigenvalue weighted by Gasteiger charge is 2.19. The molecule has 0 bridgehead atoms. The number of halogens is 1. The molecule has 0 spiro atoms. The van der Waals surface area contributed by atoms with E-state index < -0.39 is 0 Å². The average Bonchev–Trinajstić information content (AvgIpc) is 3.04. The number of anilines is 3. The van der Waals surface area contributed by atoms with Crippen molar-refractivity contribution < 1.29 is 4.39 Å². The molecule has 24 heavy (non-hydrogen) atoms. The average molecular weight is 327 g/mol. The van der Waals surface area contributed by atoms with Crippen molar-refractivity contribution in [1.82, 2.24) is 19.6 Å². The molecule has 1 aliphatic rings. The van der Waals surface area contributed by atoms with Crippen LogP contribution in [-0.2, 0) is 0 Å². The molecule has 7 nitrogen and oxygen atoms in total. The molecule has 4 heterocycles. The van der Waals surface area contributed by atoms with Crippen LogP contribution in [0.25, 0.3) is 5.65 Å². The van der Waals surface area contributed by atoms with E-state index in [0.717, 1.165) is 31.7 Å². The summed E-state index contributed by atoms with van der Waals surface area (Å²) in [6.45, 7) is 1.69. The second kappa shape index (κ2) is 6.04. The molecule has 3 N–H and O–H groups in total. The Bertz CT molecular complexity index is 863. The van der Waals surface area contributed by atoms with Gasteiger partial charge in [-0.25, -0.2) is 14.4 Å². The lowest BCUT2D eigenvalue weighted by Crippen LogP contribution is -2.43. The molecule has 0 aliphatic carbocycles. The molecular formula is C16H18FN7. The SMILES string of the molecule is N[C@@H]1CCCN(c2cc(Nc3cc(F)ccn3)n3nccc3n2)C1. The van der Waals surface area contributed by atoms with Gasteiger partial charge in [-0.2, -0.15) is 9.61 Å². The number of hydrogen-bond acceptors (Lipinski definition) is 6. The fourth-order valence-corrected chi connectivity index (χ4v) is 2.97. The molecule has 8 heteroatoms. The van der Waals surface area contributed by atoms with E-state index in [-0.39, 0.29) is 11.9 Å². The first-order valence-electron chi connectivity index (χ1n) is 7.93. The van der Waals surface area contributed by atoms with Gasteiger partial charge < -0.3 is 16.0 Å². The van der Waals surface area contributed by atoms with Crippen LogP contribution in [0.5, 0.6) is 0 Å². The Hall–Kier alpha value is -2.74. The minimum Gasteiger partial charge on any atom is -0.355 e. The Labute approximate surface area is 138 Å². The van der Waals surface area contributed by atoms with Crippen molar-refractivity contribution in [3.63, 3.8) is 0 Å². The minimum atomic E-state index is -0.347. The summed E-state index contributed by atoms with van der Waals surface area (Å²) >= 11 is 0. The Balaban J connectivity index is 1.72. The number of aromatic nitrogens is 4. The van der Waals surface area contributed by atoms with Crippen molar-refractivity contribution in [3.8, 4) is 0 Å². The molecule has 0 amide bonds. The first-order chi connectivity index (χ1) is 11.7. The van der Waals surface area contributed by atoms with E-state index in [1.54, 1.807) is 10.7 Å². The molecule has 0 radical (unpaired) electrons. The predicted octanol–water partition coefficient (Wildman–Crippen LogP) is 1.93. The molecule has 3 aromatic heterocycles. The summed E-state index contributed by atoms with van der Waals surface area (Å²) in [5, 5.41) is 7.38. The lowest BCUT2D eigenvalue weighted by molar-refractivity contribution is 0.503. The summed E-state index contributed by atoms with van der Waals surface area (Å²) in [4.78, 5) is 11.0. The fraction of sp³-hybridized carbons (Fsp3) is 0.312. The Morgan fingerprint density at radius 2 is 2.17 bits per heavy atom. The summed E-state index contributed by atoms with van der Waals surface area (Å²) in [5.74, 6) is 1.58. The van der Waals surface area contributed by atoms with Crippen molar-refractivity contribution >= 4 is 23.1 Å². The van der Waals surface area contributed by atoms with E-state index in [2.05, 4.69) is 25.3 Å². The maximum Gasteiger partial charge on any atom is 0.159 e. The summed E-state index contributed by atoms with van der Waals surface area (Å²) in [6.07, 6.45) is 5.17. The van der Waals surface area contributed by atoms with Crippen molar-refractivity contribution in [1.29, 1.82) is 0 Å². The van der Waals surface area contributed by atoms with E-state index >= 15 is 0 Å². The van der Waals surface area contributed by atoms with Crippen LogP contribution in [0.3, 0.4) is 0 Å². The third-order valence-corrected chi connectivity index (χ3v) is 4.11. The second-order valence-electron chi connectivity index (χ2n) is 5.93. The Morgan fingerprint density at radius 3 is 3.00 bits per heavy atom. The minimum absolute atomic E-state index is 0.156. The molecule has 124 valence electrons. The van der Waals surface area contributed by atoms with Crippen molar-refractivity contribution in [2.45, 2.75) is 18.9 Å². The van der Waals surface area contributed by atoms with Gasteiger partial charge in [0.05, 0.1) is 6.20 Å². The first-order valence-corrected chi connectivity index (χ1v) is 7.93. The summed E-state index contributed by atoms with van der Waals surface area (Å²) in [5.41, 5.74) is 6.79. The Kier molecular flexibility index (Phi) is 3.73. The normalized spacial score (nSPS) is 18.1. The molecule has 1 saturated heterocycles. The lowest BCUT2D eigenvalue weighted by Gasteiger charge is -2.31. The highest BCUT2D eigenvalue weighted by atomic mass is 19.1. The third kappa shape index (κ3) is 2.88. The van der Waals surface area contributed by atoms with E-state index in [1.807, 2.05) is 12.1 Å². The van der Waals surface area contributed by atoms with Gasteiger partial charge in [0, 0.05) is 43.5 Å². The molecule has 4 rings (SSSR count). The molecule has 3 aromatic rings. The van der Waals surface area contributed by atoms with Crippen molar-refractivity contribution in [2.24, 2.45) is 5.73 Å². The smallest absolute Gasteiger partial charge is 0.159 e. The molecule has 0 unspecified atom stereocenters. The maximum absolute atomic E-state index is 13.4. The van der Waals surface area contributed by atoms with Gasteiger partial charge in [0.25, 0.3) is 0 Å². The van der Waals surface area contributed by atoms with Gasteiger partial charge in [0.1, 0.15) is 23.3 Å². The summed E-state index contributed by atoms with van der Waals surface area (Å²) in [7, 11) is 0. The second-order valence-corrected chi connectivity index (χ2v) is 5.93. The topological polar surface area (TPSA) is 84.4 Å². The third-order valence-electron chi connectivity index (χ3n) is 4.11. The van der Waals surface area contributed by atoms with E-state index in [9.17, 15) is 4.39 Å². The fourth-order valence-electron chi connectivity index (χ4n) is 2.97. The van der Waals surface area contributed by atoms with Crippen LogP contribution in [0.2, 0.25) is 0 Å². The molecular weight excluding hydrogens is 309 g/mol. The number of rotatable bonds is 3. The van der Waals surface area contributed by atoms with Crippen LogP contribution < -0.4 is 16.0 Å². The molecule has 1 fully saturated rings. The molecule has 0 saturated carbocycles. The monoisotopic (exact) mass is 327 g/mol. The highest BCUT2D eigenvalue weighted by Crippen LogP contribution is 2.24. The molecule has 1 atom stereocenters. The predicted molar refractivity (Wildman–Crippen MR) is 89.9 cm³/mol. The number of nitrogens with two attached hydrogens (primary N) is 1. The van der Waals surface area contributed by atoms with Crippen LogP contribution in [0.1, 0.15) is 12.8 Å². The van der Waals surface area contributed by atoms with Gasteiger partial charge in [0.2, 0.25) is 0 Å². The van der Waals surface area contributed by atoms with E-state index in [1.165, 1.54) is 18.3 Å². The van der Waals surface area contributed by atoms with Crippen LogP contribution in [-0.4, -0.2) is 38.7 Å². The van der Waals surface area contributed by atoms with Gasteiger partial charge in [-0.15, -0.1) is 0 Å². The van der Waals surface area contributed by atoms with Gasteiger partial charge in [-0.3, -0.25) is 0 Å². The lowest BCUT2D eigenvalue weighted by atomic mass is 10.1. The first kappa shape index (κ1) is 14.8. The summed E-state index contributed by atoms with van der Waals surface area (Å²) in [6, 6.07) is 6.53. The number of fused-ring (bicyclic) bond motifs is 1.